The fraction of sp³-hybridized carbons (Fsp3) is 0.409. The molecule has 0 atom stereocenters. The lowest BCUT2D eigenvalue weighted by molar-refractivity contribution is -0.119. The number of piperazine rings is 1. The summed E-state index contributed by atoms with van der Waals surface area (Å²) in [5, 5.41) is 17.1. The van der Waals surface area contributed by atoms with E-state index < -0.39 is 18.0 Å². The number of aliphatic hydroxyl groups excluding tert-OH is 1. The molecule has 1 aliphatic heterocycles. The van der Waals surface area contributed by atoms with Crippen LogP contribution in [0.1, 0.15) is 36.8 Å². The summed E-state index contributed by atoms with van der Waals surface area (Å²) in [5.74, 6) is 0.236. The van der Waals surface area contributed by atoms with Crippen molar-refractivity contribution in [3.8, 4) is 16.8 Å². The number of halogens is 1. The first-order valence-electron chi connectivity index (χ1n) is 20.2. The number of hydrogen-bond donors (Lipinski definition) is 3. The largest absolute Gasteiger partial charge is 0.392 e. The molecule has 1 saturated carbocycles. The molecule has 1 aliphatic carbocycles. The van der Waals surface area contributed by atoms with Crippen LogP contribution in [0.15, 0.2) is 82.8 Å². The van der Waals surface area contributed by atoms with Crippen molar-refractivity contribution in [3.63, 3.8) is 0 Å². The van der Waals surface area contributed by atoms with E-state index in [1.54, 1.807) is 49.9 Å². The van der Waals surface area contributed by atoms with E-state index in [1.807, 2.05) is 24.3 Å². The van der Waals surface area contributed by atoms with Gasteiger partial charge in [-0.25, -0.2) is 9.37 Å². The SMILES string of the molecule is CC(=O)NCCOCCOCCOCCN1CCN(c2ccc(Nc3cc(-c4cccc(-n5ccc6cc(C7CC7)cc(F)c6c5=O)c4CO)cn(C)c3=O)nc2)CC1. The maximum Gasteiger partial charge on any atom is 0.274 e. The third-order valence-electron chi connectivity index (χ3n) is 10.8. The number of carbonyl (C=O) groups is 1. The third kappa shape index (κ3) is 10.4. The van der Waals surface area contributed by atoms with Crippen LogP contribution in [0, 0.1) is 5.82 Å². The predicted octanol–water partition coefficient (Wildman–Crippen LogP) is 4.31. The first-order valence-corrected chi connectivity index (χ1v) is 20.2. The number of nitrogens with one attached hydrogen (secondary N) is 2. The Morgan fingerprint density at radius 3 is 2.36 bits per heavy atom. The van der Waals surface area contributed by atoms with Crippen molar-refractivity contribution in [2.45, 2.75) is 32.3 Å². The van der Waals surface area contributed by atoms with Crippen LogP contribution < -0.4 is 26.7 Å². The zero-order valence-electron chi connectivity index (χ0n) is 33.6. The minimum Gasteiger partial charge on any atom is -0.392 e. The van der Waals surface area contributed by atoms with Crippen molar-refractivity contribution in [2.75, 3.05) is 89.1 Å². The molecule has 0 bridgehead atoms. The smallest absolute Gasteiger partial charge is 0.274 e. The van der Waals surface area contributed by atoms with Gasteiger partial charge in [0.05, 0.1) is 69.2 Å². The molecule has 2 aliphatic rings. The highest BCUT2D eigenvalue weighted by Crippen LogP contribution is 2.41. The first kappa shape index (κ1) is 41.7. The van der Waals surface area contributed by atoms with E-state index in [1.165, 1.54) is 22.1 Å². The monoisotopic (exact) mass is 809 g/mol. The van der Waals surface area contributed by atoms with Crippen LogP contribution in [0.4, 0.5) is 21.6 Å². The van der Waals surface area contributed by atoms with E-state index >= 15 is 4.39 Å². The summed E-state index contributed by atoms with van der Waals surface area (Å²) < 4.78 is 34.9. The van der Waals surface area contributed by atoms with E-state index in [4.69, 9.17) is 14.2 Å². The van der Waals surface area contributed by atoms with Gasteiger partial charge in [0, 0.05) is 76.8 Å². The molecule has 3 aromatic heterocycles. The van der Waals surface area contributed by atoms with Crippen LogP contribution in [-0.2, 0) is 32.7 Å². The maximum atomic E-state index is 15.3. The topological polar surface area (TPSA) is 152 Å². The molecular formula is C44H52FN7O7. The van der Waals surface area contributed by atoms with Crippen molar-refractivity contribution in [2.24, 2.45) is 7.05 Å². The average Bonchev–Trinajstić information content (AvgIpc) is 4.09. The highest BCUT2D eigenvalue weighted by atomic mass is 19.1. The fourth-order valence-corrected chi connectivity index (χ4v) is 7.43. The number of pyridine rings is 3. The van der Waals surface area contributed by atoms with Crippen molar-refractivity contribution < 1.29 is 28.5 Å². The summed E-state index contributed by atoms with van der Waals surface area (Å²) in [5.41, 5.74) is 3.58. The zero-order valence-corrected chi connectivity index (χ0v) is 33.6. The van der Waals surface area contributed by atoms with Gasteiger partial charge in [-0.3, -0.25) is 23.9 Å². The number of nitrogens with zero attached hydrogens (tertiary/aromatic N) is 5. The normalized spacial score (nSPS) is 14.5. The summed E-state index contributed by atoms with van der Waals surface area (Å²) in [6.45, 7) is 8.94. The molecule has 1 saturated heterocycles. The first-order chi connectivity index (χ1) is 28.7. The molecule has 2 fully saturated rings. The number of ether oxygens (including phenoxy) is 3. The molecular weight excluding hydrogens is 758 g/mol. The lowest BCUT2D eigenvalue weighted by Gasteiger charge is -2.35. The number of benzene rings is 2. The molecule has 0 spiro atoms. The van der Waals surface area contributed by atoms with Crippen LogP contribution in [0.5, 0.6) is 0 Å². The Morgan fingerprint density at radius 2 is 1.66 bits per heavy atom. The number of anilines is 3. The predicted molar refractivity (Wildman–Crippen MR) is 225 cm³/mol. The van der Waals surface area contributed by atoms with Gasteiger partial charge in [-0.1, -0.05) is 18.2 Å². The summed E-state index contributed by atoms with van der Waals surface area (Å²) in [7, 11) is 1.65. The molecule has 4 heterocycles. The van der Waals surface area contributed by atoms with Crippen LogP contribution in [0.25, 0.3) is 27.6 Å². The Morgan fingerprint density at radius 1 is 0.915 bits per heavy atom. The molecule has 2 aromatic carbocycles. The Bertz CT molecular complexity index is 2360. The molecule has 14 nitrogen and oxygen atoms in total. The summed E-state index contributed by atoms with van der Waals surface area (Å²) >= 11 is 0. The van der Waals surface area contributed by atoms with Gasteiger partial charge in [-0.15, -0.1) is 0 Å². The number of aromatic nitrogens is 3. The number of aryl methyl sites for hydroxylation is 1. The van der Waals surface area contributed by atoms with Gasteiger partial charge >= 0.3 is 0 Å². The van der Waals surface area contributed by atoms with Gasteiger partial charge in [-0.2, -0.15) is 0 Å². The highest BCUT2D eigenvalue weighted by Gasteiger charge is 2.26. The third-order valence-corrected chi connectivity index (χ3v) is 10.8. The van der Waals surface area contributed by atoms with Gasteiger partial charge < -0.3 is 39.4 Å². The summed E-state index contributed by atoms with van der Waals surface area (Å²) in [6.07, 6.45) is 7.16. The second kappa shape index (κ2) is 19.5. The van der Waals surface area contributed by atoms with Crippen LogP contribution in [-0.4, -0.2) is 109 Å². The van der Waals surface area contributed by atoms with Crippen molar-refractivity contribution in [3.05, 3.63) is 111 Å². The number of fused-ring (bicyclic) bond motifs is 1. The second-order valence-corrected chi connectivity index (χ2v) is 14.9. The molecule has 7 rings (SSSR count). The van der Waals surface area contributed by atoms with Crippen LogP contribution in [0.2, 0.25) is 0 Å². The minimum absolute atomic E-state index is 0.0111. The van der Waals surface area contributed by atoms with Crippen LogP contribution >= 0.6 is 0 Å². The molecule has 15 heteroatoms. The molecule has 312 valence electrons. The van der Waals surface area contributed by atoms with Gasteiger partial charge in [-0.05, 0) is 71.7 Å². The molecule has 0 unspecified atom stereocenters. The van der Waals surface area contributed by atoms with E-state index in [0.717, 1.165) is 56.8 Å². The van der Waals surface area contributed by atoms with Gasteiger partial charge in [0.25, 0.3) is 11.1 Å². The van der Waals surface area contributed by atoms with Gasteiger partial charge in [0.15, 0.2) is 0 Å². The Kier molecular flexibility index (Phi) is 13.8. The molecule has 5 aromatic rings. The fourth-order valence-electron chi connectivity index (χ4n) is 7.43. The Balaban J connectivity index is 0.934. The molecule has 0 radical (unpaired) electrons. The second-order valence-electron chi connectivity index (χ2n) is 14.9. The lowest BCUT2D eigenvalue weighted by Crippen LogP contribution is -2.47. The number of amides is 1. The van der Waals surface area contributed by atoms with Gasteiger partial charge in [0.2, 0.25) is 5.91 Å². The number of carbonyl (C=O) groups excluding carboxylic acids is 1. The minimum atomic E-state index is -0.545. The van der Waals surface area contributed by atoms with E-state index in [2.05, 4.69) is 25.4 Å². The standard InChI is InChI=1S/C44H52FN7O7/c1-30(54)46-11-18-57-20-22-59-23-21-58-19-17-50-13-15-51(16-14-50)35-8-9-41(47-27-35)48-39-26-34(28-49(2)43(39)55)36-4-3-5-40(37(36)29-53)52-12-10-32-24-33(31-6-7-31)25-38(45)42(32)44(52)56/h3-5,8-10,12,24-28,31,53H,6-7,11,13-23,29H2,1-2H3,(H,46,54)(H,47,48). The van der Waals surface area contributed by atoms with E-state index in [9.17, 15) is 19.5 Å². The maximum absolute atomic E-state index is 15.3. The number of rotatable bonds is 19. The number of aliphatic hydroxyl groups is 1. The van der Waals surface area contributed by atoms with Crippen LogP contribution in [0.3, 0.4) is 0 Å². The Labute approximate surface area is 342 Å². The Hall–Kier alpha value is -5.45. The summed E-state index contributed by atoms with van der Waals surface area (Å²) in [4.78, 5) is 47.2. The van der Waals surface area contributed by atoms with E-state index in [-0.39, 0.29) is 16.9 Å². The summed E-state index contributed by atoms with van der Waals surface area (Å²) in [6, 6.07) is 16.0. The van der Waals surface area contributed by atoms with Crippen molar-refractivity contribution >= 4 is 33.9 Å². The van der Waals surface area contributed by atoms with Gasteiger partial charge in [0.1, 0.15) is 17.3 Å². The van der Waals surface area contributed by atoms with Crippen molar-refractivity contribution in [1.29, 1.82) is 0 Å². The average molecular weight is 810 g/mol. The molecule has 3 N–H and O–H groups in total. The highest BCUT2D eigenvalue weighted by molar-refractivity contribution is 5.84. The number of hydrogen-bond acceptors (Lipinski definition) is 11. The molecule has 59 heavy (non-hydrogen) atoms. The lowest BCUT2D eigenvalue weighted by atomic mass is 9.98. The van der Waals surface area contributed by atoms with E-state index in [0.29, 0.717) is 91.4 Å². The molecule has 1 amide bonds. The van der Waals surface area contributed by atoms with Crippen molar-refractivity contribution in [1.82, 2.24) is 24.3 Å². The zero-order chi connectivity index (χ0) is 41.3. The quantitative estimate of drug-likeness (QED) is 0.102.